The average Bonchev–Trinajstić information content (AvgIpc) is 3.32. The zero-order chi connectivity index (χ0) is 19.1. The van der Waals surface area contributed by atoms with Crippen molar-refractivity contribution in [3.8, 4) is 0 Å². The van der Waals surface area contributed by atoms with Crippen LogP contribution in [0.4, 0.5) is 0 Å². The highest BCUT2D eigenvalue weighted by atomic mass is 16.5. The molecule has 1 aliphatic heterocycles. The number of fused-ring (bicyclic) bond motifs is 6. The second-order valence-corrected chi connectivity index (χ2v) is 7.01. The fraction of sp³-hybridized carbons (Fsp3) is 0.421. The second-order valence-electron chi connectivity index (χ2n) is 7.01. The Hall–Kier alpha value is -3.07. The first kappa shape index (κ1) is 17.1. The van der Waals surface area contributed by atoms with Crippen molar-refractivity contribution in [1.82, 2.24) is 34.1 Å². The molecule has 5 rings (SSSR count). The summed E-state index contributed by atoms with van der Waals surface area (Å²) in [5.41, 5.74) is 1.78. The Morgan fingerprint density at radius 1 is 1.18 bits per heavy atom. The van der Waals surface area contributed by atoms with Crippen molar-refractivity contribution in [2.75, 3.05) is 26.3 Å². The molecule has 0 unspecified atom stereocenters. The van der Waals surface area contributed by atoms with Gasteiger partial charge in [-0.3, -0.25) is 9.20 Å². The van der Waals surface area contributed by atoms with Gasteiger partial charge in [0.15, 0.2) is 5.65 Å². The summed E-state index contributed by atoms with van der Waals surface area (Å²) < 4.78 is 9.08. The van der Waals surface area contributed by atoms with Crippen LogP contribution >= 0.6 is 0 Å². The fourth-order valence-electron chi connectivity index (χ4n) is 3.81. The molecule has 0 radical (unpaired) electrons. The molecular formula is C19H21N7O2. The first-order valence-electron chi connectivity index (χ1n) is 9.56. The molecular weight excluding hydrogens is 358 g/mol. The van der Waals surface area contributed by atoms with Crippen molar-refractivity contribution < 1.29 is 9.53 Å². The molecule has 1 amide bonds. The Morgan fingerprint density at radius 3 is 2.86 bits per heavy atom. The third-order valence-corrected chi connectivity index (χ3v) is 5.16. The second kappa shape index (κ2) is 6.83. The van der Waals surface area contributed by atoms with E-state index in [2.05, 4.69) is 20.3 Å². The molecule has 0 saturated carbocycles. The van der Waals surface area contributed by atoms with Gasteiger partial charge in [0.05, 0.1) is 18.7 Å². The van der Waals surface area contributed by atoms with E-state index in [1.165, 1.54) is 0 Å². The van der Waals surface area contributed by atoms with E-state index in [9.17, 15) is 4.79 Å². The number of carbonyl (C=O) groups is 1. The number of carbonyl (C=O) groups excluding carboxylic acids is 1. The number of morpholine rings is 1. The number of rotatable bonds is 4. The quantitative estimate of drug-likeness (QED) is 0.533. The molecule has 1 saturated heterocycles. The fourth-order valence-corrected chi connectivity index (χ4v) is 3.81. The molecule has 0 aliphatic carbocycles. The van der Waals surface area contributed by atoms with Gasteiger partial charge in [0.2, 0.25) is 5.91 Å². The van der Waals surface area contributed by atoms with Crippen LogP contribution in [-0.4, -0.2) is 66.3 Å². The maximum absolute atomic E-state index is 12.4. The lowest BCUT2D eigenvalue weighted by molar-refractivity contribution is -0.135. The molecule has 0 N–H and O–H groups in total. The van der Waals surface area contributed by atoms with Crippen molar-refractivity contribution in [2.45, 2.75) is 26.2 Å². The van der Waals surface area contributed by atoms with E-state index in [1.54, 1.807) is 4.52 Å². The third kappa shape index (κ3) is 2.78. The molecule has 1 fully saturated rings. The van der Waals surface area contributed by atoms with Gasteiger partial charge in [0.25, 0.3) is 5.78 Å². The zero-order valence-corrected chi connectivity index (χ0v) is 15.7. The van der Waals surface area contributed by atoms with Gasteiger partial charge in [-0.05, 0) is 25.5 Å². The van der Waals surface area contributed by atoms with E-state index < -0.39 is 0 Å². The summed E-state index contributed by atoms with van der Waals surface area (Å²) in [7, 11) is 0. The van der Waals surface area contributed by atoms with Gasteiger partial charge >= 0.3 is 0 Å². The third-order valence-electron chi connectivity index (χ3n) is 5.16. The van der Waals surface area contributed by atoms with Crippen molar-refractivity contribution in [1.29, 1.82) is 0 Å². The van der Waals surface area contributed by atoms with E-state index in [0.717, 1.165) is 28.8 Å². The number of aromatic nitrogens is 6. The molecule has 28 heavy (non-hydrogen) atoms. The smallest absolute Gasteiger partial charge is 0.258 e. The van der Waals surface area contributed by atoms with Crippen LogP contribution in [-0.2, 0) is 16.0 Å². The van der Waals surface area contributed by atoms with Gasteiger partial charge in [-0.25, -0.2) is 4.98 Å². The maximum Gasteiger partial charge on any atom is 0.258 e. The number of ether oxygens (including phenoxy) is 1. The summed E-state index contributed by atoms with van der Waals surface area (Å²) in [6.07, 6.45) is 1.89. The summed E-state index contributed by atoms with van der Waals surface area (Å²) >= 11 is 0. The summed E-state index contributed by atoms with van der Waals surface area (Å²) in [4.78, 5) is 18.8. The Labute approximate surface area is 160 Å². The lowest BCUT2D eigenvalue weighted by atomic mass is 10.2. The average molecular weight is 379 g/mol. The topological polar surface area (TPSA) is 89.9 Å². The van der Waals surface area contributed by atoms with Crippen LogP contribution in [0.2, 0.25) is 0 Å². The van der Waals surface area contributed by atoms with Gasteiger partial charge in [0.1, 0.15) is 11.6 Å². The molecule has 0 spiro atoms. The Kier molecular flexibility index (Phi) is 4.16. The van der Waals surface area contributed by atoms with E-state index in [-0.39, 0.29) is 5.91 Å². The highest BCUT2D eigenvalue weighted by Crippen LogP contribution is 2.22. The number of amides is 1. The molecule has 0 atom stereocenters. The van der Waals surface area contributed by atoms with E-state index >= 15 is 0 Å². The van der Waals surface area contributed by atoms with Crippen LogP contribution in [0.15, 0.2) is 24.3 Å². The van der Waals surface area contributed by atoms with Crippen LogP contribution < -0.4 is 0 Å². The van der Waals surface area contributed by atoms with Crippen LogP contribution in [0, 0.1) is 6.92 Å². The minimum Gasteiger partial charge on any atom is -0.378 e. The molecule has 9 heteroatoms. The Bertz CT molecular complexity index is 1170. The molecule has 3 aromatic heterocycles. The van der Waals surface area contributed by atoms with Crippen molar-refractivity contribution in [2.24, 2.45) is 0 Å². The first-order valence-corrected chi connectivity index (χ1v) is 9.56. The number of aryl methyl sites for hydroxylation is 2. The summed E-state index contributed by atoms with van der Waals surface area (Å²) in [6.45, 7) is 4.48. The van der Waals surface area contributed by atoms with Gasteiger partial charge in [0, 0.05) is 31.3 Å². The molecule has 1 aliphatic rings. The van der Waals surface area contributed by atoms with Crippen LogP contribution in [0.1, 0.15) is 24.5 Å². The maximum atomic E-state index is 12.4. The number of hydrogen-bond acceptors (Lipinski definition) is 6. The van der Waals surface area contributed by atoms with Crippen LogP contribution in [0.5, 0.6) is 0 Å². The predicted octanol–water partition coefficient (Wildman–Crippen LogP) is 1.42. The highest BCUT2D eigenvalue weighted by Gasteiger charge is 2.19. The monoisotopic (exact) mass is 379 g/mol. The standard InChI is InChI=1S/C19H21N7O2/c1-13-20-18-14-5-2-3-6-15(14)25-16(21-22-19(25)26(18)23-13)7-4-8-17(27)24-9-11-28-12-10-24/h2-3,5-6H,4,7-12H2,1H3. The van der Waals surface area contributed by atoms with Gasteiger partial charge in [-0.2, -0.15) is 4.52 Å². The Balaban J connectivity index is 1.46. The van der Waals surface area contributed by atoms with Gasteiger partial charge in [-0.15, -0.1) is 15.3 Å². The molecule has 4 heterocycles. The molecule has 0 bridgehead atoms. The van der Waals surface area contributed by atoms with E-state index in [4.69, 9.17) is 4.74 Å². The van der Waals surface area contributed by atoms with Crippen molar-refractivity contribution in [3.63, 3.8) is 0 Å². The zero-order valence-electron chi connectivity index (χ0n) is 15.7. The Morgan fingerprint density at radius 2 is 2.00 bits per heavy atom. The van der Waals surface area contributed by atoms with Crippen molar-refractivity contribution in [3.05, 3.63) is 35.9 Å². The van der Waals surface area contributed by atoms with Crippen LogP contribution in [0.3, 0.4) is 0 Å². The molecule has 1 aromatic carbocycles. The molecule has 144 valence electrons. The largest absolute Gasteiger partial charge is 0.378 e. The summed E-state index contributed by atoms with van der Waals surface area (Å²) in [6, 6.07) is 8.05. The number of para-hydroxylation sites is 1. The van der Waals surface area contributed by atoms with Gasteiger partial charge in [-0.1, -0.05) is 12.1 Å². The highest BCUT2D eigenvalue weighted by molar-refractivity contribution is 5.93. The first-order chi connectivity index (χ1) is 13.7. The minimum absolute atomic E-state index is 0.177. The van der Waals surface area contributed by atoms with Crippen LogP contribution in [0.25, 0.3) is 22.3 Å². The molecule has 4 aromatic rings. The molecule has 9 nitrogen and oxygen atoms in total. The minimum atomic E-state index is 0.177. The predicted molar refractivity (Wildman–Crippen MR) is 102 cm³/mol. The van der Waals surface area contributed by atoms with Gasteiger partial charge < -0.3 is 9.64 Å². The number of hydrogen-bond donors (Lipinski definition) is 0. The lowest BCUT2D eigenvalue weighted by Gasteiger charge is -2.26. The number of benzene rings is 1. The normalized spacial score (nSPS) is 15.1. The van der Waals surface area contributed by atoms with Crippen molar-refractivity contribution >= 4 is 28.2 Å². The SMILES string of the molecule is Cc1nc2c3ccccc3n3c(CCCC(=O)N4CCOCC4)nnc3n2n1. The van der Waals surface area contributed by atoms with E-state index in [0.29, 0.717) is 50.7 Å². The summed E-state index contributed by atoms with van der Waals surface area (Å²) in [5.74, 6) is 2.34. The lowest BCUT2D eigenvalue weighted by Crippen LogP contribution is -2.40. The summed E-state index contributed by atoms with van der Waals surface area (Å²) in [5, 5.41) is 14.2. The van der Waals surface area contributed by atoms with E-state index in [1.807, 2.05) is 40.5 Å². The number of nitrogens with zero attached hydrogens (tertiary/aromatic N) is 7.